The van der Waals surface area contributed by atoms with Crippen molar-refractivity contribution in [3.8, 4) is 0 Å². The molecule has 0 aromatic heterocycles. The summed E-state index contributed by atoms with van der Waals surface area (Å²) in [6.07, 6.45) is -0.481. The highest BCUT2D eigenvalue weighted by atomic mass is 32.2. The summed E-state index contributed by atoms with van der Waals surface area (Å²) in [6, 6.07) is 24.3. The minimum Gasteiger partial charge on any atom is -0.465 e. The number of nitrogens with zero attached hydrogens (tertiary/aromatic N) is 2. The van der Waals surface area contributed by atoms with Crippen LogP contribution in [0.15, 0.2) is 89.8 Å². The summed E-state index contributed by atoms with van der Waals surface area (Å²) in [7, 11) is 1.25. The van der Waals surface area contributed by atoms with E-state index in [1.807, 2.05) is 60.7 Å². The van der Waals surface area contributed by atoms with Gasteiger partial charge in [0.15, 0.2) is 0 Å². The van der Waals surface area contributed by atoms with Crippen molar-refractivity contribution < 1.29 is 33.9 Å². The molecule has 244 valence electrons. The molecule has 0 aliphatic carbocycles. The van der Waals surface area contributed by atoms with Gasteiger partial charge in [0, 0.05) is 35.2 Å². The van der Waals surface area contributed by atoms with E-state index < -0.39 is 29.1 Å². The Morgan fingerprint density at radius 3 is 2.15 bits per heavy atom. The molecular formula is C33H38N4O8S. The number of hydrogen-bond donors (Lipinski definition) is 3. The predicted octanol–water partition coefficient (Wildman–Crippen LogP) is 5.28. The van der Waals surface area contributed by atoms with Gasteiger partial charge in [0.05, 0.1) is 37.3 Å². The fraction of sp³-hybridized carbons (Fsp3) is 0.364. The van der Waals surface area contributed by atoms with Gasteiger partial charge in [0.1, 0.15) is 6.04 Å². The fourth-order valence-corrected chi connectivity index (χ4v) is 6.28. The van der Waals surface area contributed by atoms with Gasteiger partial charge in [-0.05, 0) is 42.5 Å². The van der Waals surface area contributed by atoms with Crippen LogP contribution in [0, 0.1) is 10.1 Å². The first-order chi connectivity index (χ1) is 22.2. The van der Waals surface area contributed by atoms with Gasteiger partial charge in [-0.15, -0.1) is 11.8 Å². The number of unbranched alkanes of at least 4 members (excludes halogenated alkanes) is 1. The second-order valence-electron chi connectivity index (χ2n) is 10.8. The van der Waals surface area contributed by atoms with Gasteiger partial charge in [-0.3, -0.25) is 14.9 Å². The average Bonchev–Trinajstić information content (AvgIpc) is 3.07. The third-order valence-corrected chi connectivity index (χ3v) is 8.77. The molecule has 1 fully saturated rings. The van der Waals surface area contributed by atoms with E-state index in [4.69, 9.17) is 9.47 Å². The normalized spacial score (nSPS) is 16.8. The number of nitrogens with one attached hydrogen (secondary N) is 2. The quantitative estimate of drug-likeness (QED) is 0.0913. The molecule has 3 aromatic rings. The standard InChI is InChI=1S/C33H38N4O8S/c1-44-32(39)35-30(29(23-10-4-2-5-11-23)24-12-6-3-7-13-24)31(38)34-19-9-8-14-26-20-36(33(40)41)21-27(45-26)22-46-28-17-15-25(16-18-28)37(42)43/h2-7,10-13,15-18,26-27,29-30H,8-9,14,19-22H2,1H3,(H,34,38)(H,35,39)(H,40,41)/t26?,27-,30-/m0/s1. The Bertz CT molecular complexity index is 1410. The third kappa shape index (κ3) is 9.94. The van der Waals surface area contributed by atoms with E-state index in [0.717, 1.165) is 16.0 Å². The maximum absolute atomic E-state index is 13.5. The fourth-order valence-electron chi connectivity index (χ4n) is 5.39. The van der Waals surface area contributed by atoms with Gasteiger partial charge >= 0.3 is 12.2 Å². The van der Waals surface area contributed by atoms with E-state index in [9.17, 15) is 29.6 Å². The highest BCUT2D eigenvalue weighted by molar-refractivity contribution is 7.99. The number of carboxylic acid groups (broad SMARTS) is 1. The maximum Gasteiger partial charge on any atom is 0.407 e. The Balaban J connectivity index is 1.32. The molecule has 0 bridgehead atoms. The summed E-state index contributed by atoms with van der Waals surface area (Å²) in [5, 5.41) is 26.2. The number of carbonyl (C=O) groups is 3. The van der Waals surface area contributed by atoms with Crippen LogP contribution in [0.5, 0.6) is 0 Å². The molecule has 1 heterocycles. The van der Waals surface area contributed by atoms with E-state index in [0.29, 0.717) is 31.6 Å². The van der Waals surface area contributed by atoms with Crippen molar-refractivity contribution in [2.75, 3.05) is 32.5 Å². The lowest BCUT2D eigenvalue weighted by Gasteiger charge is -2.36. The van der Waals surface area contributed by atoms with Gasteiger partial charge in [-0.1, -0.05) is 60.7 Å². The Hall–Kier alpha value is -4.62. The minimum absolute atomic E-state index is 0.00836. The Morgan fingerprint density at radius 1 is 0.978 bits per heavy atom. The molecular weight excluding hydrogens is 612 g/mol. The molecule has 0 spiro atoms. The first-order valence-electron chi connectivity index (χ1n) is 15.0. The Kier molecular flexibility index (Phi) is 12.8. The number of thioether (sulfide) groups is 1. The first-order valence-corrected chi connectivity index (χ1v) is 16.0. The molecule has 12 nitrogen and oxygen atoms in total. The van der Waals surface area contributed by atoms with Gasteiger partial charge in [0.25, 0.3) is 5.69 Å². The van der Waals surface area contributed by atoms with Gasteiger partial charge in [0.2, 0.25) is 5.91 Å². The van der Waals surface area contributed by atoms with Crippen LogP contribution in [0.2, 0.25) is 0 Å². The summed E-state index contributed by atoms with van der Waals surface area (Å²) in [5.74, 6) is -0.315. The number of benzene rings is 3. The molecule has 46 heavy (non-hydrogen) atoms. The number of amides is 3. The van der Waals surface area contributed by atoms with Crippen molar-refractivity contribution in [2.45, 2.75) is 48.3 Å². The van der Waals surface area contributed by atoms with Crippen LogP contribution in [-0.2, 0) is 14.3 Å². The van der Waals surface area contributed by atoms with Crippen molar-refractivity contribution in [2.24, 2.45) is 0 Å². The number of ether oxygens (including phenoxy) is 2. The number of hydrogen-bond acceptors (Lipinski definition) is 8. The molecule has 0 radical (unpaired) electrons. The molecule has 0 saturated carbocycles. The molecule has 4 rings (SSSR count). The lowest BCUT2D eigenvalue weighted by atomic mass is 9.84. The smallest absolute Gasteiger partial charge is 0.407 e. The first kappa shape index (κ1) is 34.3. The van der Waals surface area contributed by atoms with Crippen molar-refractivity contribution in [3.63, 3.8) is 0 Å². The molecule has 3 aromatic carbocycles. The van der Waals surface area contributed by atoms with Crippen LogP contribution in [0.3, 0.4) is 0 Å². The second-order valence-corrected chi connectivity index (χ2v) is 11.9. The van der Waals surface area contributed by atoms with Gasteiger partial charge in [-0.25, -0.2) is 9.59 Å². The highest BCUT2D eigenvalue weighted by Gasteiger charge is 2.33. The summed E-state index contributed by atoms with van der Waals surface area (Å²) in [5.41, 5.74) is 1.74. The predicted molar refractivity (Wildman–Crippen MR) is 173 cm³/mol. The summed E-state index contributed by atoms with van der Waals surface area (Å²) >= 11 is 1.45. The van der Waals surface area contributed by atoms with E-state index in [1.165, 1.54) is 35.9 Å². The molecule has 1 aliphatic heterocycles. The molecule has 1 saturated heterocycles. The van der Waals surface area contributed by atoms with Crippen LogP contribution < -0.4 is 10.6 Å². The number of nitro benzene ring substituents is 1. The highest BCUT2D eigenvalue weighted by Crippen LogP contribution is 2.29. The lowest BCUT2D eigenvalue weighted by molar-refractivity contribution is -0.384. The van der Waals surface area contributed by atoms with Crippen molar-refractivity contribution in [3.05, 3.63) is 106 Å². The number of morpholine rings is 1. The van der Waals surface area contributed by atoms with E-state index in [1.54, 1.807) is 12.1 Å². The van der Waals surface area contributed by atoms with Crippen LogP contribution in [0.25, 0.3) is 0 Å². The number of carbonyl (C=O) groups excluding carboxylic acids is 2. The zero-order valence-electron chi connectivity index (χ0n) is 25.4. The minimum atomic E-state index is -1.01. The average molecular weight is 651 g/mol. The summed E-state index contributed by atoms with van der Waals surface area (Å²) in [4.78, 5) is 50.3. The van der Waals surface area contributed by atoms with Crippen molar-refractivity contribution in [1.29, 1.82) is 0 Å². The number of alkyl carbamates (subject to hydrolysis) is 1. The lowest BCUT2D eigenvalue weighted by Crippen LogP contribution is -2.51. The van der Waals surface area contributed by atoms with Gasteiger partial charge in [-0.2, -0.15) is 0 Å². The van der Waals surface area contributed by atoms with Crippen LogP contribution in [-0.4, -0.2) is 83.8 Å². The third-order valence-electron chi connectivity index (χ3n) is 7.63. The largest absolute Gasteiger partial charge is 0.465 e. The van der Waals surface area contributed by atoms with E-state index in [-0.39, 0.29) is 36.9 Å². The van der Waals surface area contributed by atoms with Gasteiger partial charge < -0.3 is 30.1 Å². The molecule has 3 atom stereocenters. The van der Waals surface area contributed by atoms with Crippen LogP contribution >= 0.6 is 11.8 Å². The molecule has 3 amide bonds. The summed E-state index contributed by atoms with van der Waals surface area (Å²) in [6.45, 7) is 0.838. The Labute approximate surface area is 271 Å². The molecule has 1 unspecified atom stereocenters. The number of nitro groups is 1. The number of rotatable bonds is 14. The monoisotopic (exact) mass is 650 g/mol. The molecule has 3 N–H and O–H groups in total. The van der Waals surface area contributed by atoms with Crippen LogP contribution in [0.4, 0.5) is 15.3 Å². The van der Waals surface area contributed by atoms with E-state index in [2.05, 4.69) is 10.6 Å². The number of non-ortho nitro benzene ring substituents is 1. The molecule has 1 aliphatic rings. The second kappa shape index (κ2) is 17.2. The zero-order valence-corrected chi connectivity index (χ0v) is 26.3. The topological polar surface area (TPSA) is 160 Å². The van der Waals surface area contributed by atoms with Crippen LogP contribution in [0.1, 0.15) is 36.3 Å². The summed E-state index contributed by atoms with van der Waals surface area (Å²) < 4.78 is 11.1. The molecule has 13 heteroatoms. The maximum atomic E-state index is 13.5. The zero-order chi connectivity index (χ0) is 32.9. The van der Waals surface area contributed by atoms with E-state index >= 15 is 0 Å². The van der Waals surface area contributed by atoms with Crippen molar-refractivity contribution >= 4 is 35.5 Å². The SMILES string of the molecule is COC(=O)N[C@H](C(=O)NCCCCC1CN(C(=O)O)C[C@@H](CSc2ccc([N+](=O)[O-])cc2)O1)C(c1ccccc1)c1ccccc1. The number of methoxy groups -OCH3 is 1. The van der Waals surface area contributed by atoms with Crippen molar-refractivity contribution in [1.82, 2.24) is 15.5 Å². The Morgan fingerprint density at radius 2 is 1.59 bits per heavy atom.